The first-order valence-corrected chi connectivity index (χ1v) is 9.46. The standard InChI is InChI=1S/C17H26N4O2S/c1-11-13(12(2)19-17(18-11)24-5)8-9-15(22)21-10-6-7-14(21)16(23)20(3)4/h14H,6-10H2,1-5H3. The van der Waals surface area contributed by atoms with Gasteiger partial charge in [-0.05, 0) is 44.9 Å². The second-order valence-electron chi connectivity index (χ2n) is 6.34. The normalized spacial score (nSPS) is 17.2. The van der Waals surface area contributed by atoms with Gasteiger partial charge in [-0.1, -0.05) is 11.8 Å². The van der Waals surface area contributed by atoms with Gasteiger partial charge >= 0.3 is 0 Å². The molecule has 0 N–H and O–H groups in total. The van der Waals surface area contributed by atoms with Crippen LogP contribution >= 0.6 is 11.8 Å². The van der Waals surface area contributed by atoms with Crippen molar-refractivity contribution in [1.29, 1.82) is 0 Å². The van der Waals surface area contributed by atoms with Gasteiger partial charge in [-0.2, -0.15) is 0 Å². The lowest BCUT2D eigenvalue weighted by molar-refractivity contribution is -0.142. The number of nitrogens with zero attached hydrogens (tertiary/aromatic N) is 4. The second-order valence-corrected chi connectivity index (χ2v) is 7.11. The Balaban J connectivity index is 2.04. The number of aromatic nitrogens is 2. The van der Waals surface area contributed by atoms with Crippen molar-refractivity contribution in [2.45, 2.75) is 50.7 Å². The molecule has 2 amide bonds. The van der Waals surface area contributed by atoms with Gasteiger partial charge in [0.25, 0.3) is 0 Å². The third kappa shape index (κ3) is 4.06. The van der Waals surface area contributed by atoms with Gasteiger partial charge in [-0.3, -0.25) is 9.59 Å². The van der Waals surface area contributed by atoms with Gasteiger partial charge in [0.2, 0.25) is 11.8 Å². The Labute approximate surface area is 148 Å². The van der Waals surface area contributed by atoms with E-state index in [0.717, 1.165) is 34.9 Å². The van der Waals surface area contributed by atoms with Crippen LogP contribution in [0.5, 0.6) is 0 Å². The first kappa shape index (κ1) is 18.7. The van der Waals surface area contributed by atoms with Gasteiger partial charge in [-0.15, -0.1) is 0 Å². The van der Waals surface area contributed by atoms with E-state index in [2.05, 4.69) is 9.97 Å². The number of rotatable bonds is 5. The summed E-state index contributed by atoms with van der Waals surface area (Å²) in [4.78, 5) is 37.1. The van der Waals surface area contributed by atoms with E-state index >= 15 is 0 Å². The van der Waals surface area contributed by atoms with Crippen molar-refractivity contribution < 1.29 is 9.59 Å². The van der Waals surface area contributed by atoms with E-state index in [4.69, 9.17) is 0 Å². The maximum atomic E-state index is 12.6. The lowest BCUT2D eigenvalue weighted by atomic mass is 10.1. The molecule has 24 heavy (non-hydrogen) atoms. The molecule has 0 aromatic carbocycles. The van der Waals surface area contributed by atoms with Gasteiger partial charge in [-0.25, -0.2) is 9.97 Å². The van der Waals surface area contributed by atoms with E-state index in [1.165, 1.54) is 11.8 Å². The van der Waals surface area contributed by atoms with E-state index in [1.54, 1.807) is 23.9 Å². The van der Waals surface area contributed by atoms with Gasteiger partial charge in [0.05, 0.1) is 0 Å². The third-order valence-corrected chi connectivity index (χ3v) is 5.02. The Kier molecular flexibility index (Phi) is 6.21. The average molecular weight is 350 g/mol. The lowest BCUT2D eigenvalue weighted by Gasteiger charge is -2.26. The summed E-state index contributed by atoms with van der Waals surface area (Å²) in [6.07, 6.45) is 4.60. The van der Waals surface area contributed by atoms with Crippen LogP contribution in [-0.2, 0) is 16.0 Å². The van der Waals surface area contributed by atoms with Gasteiger partial charge in [0, 0.05) is 38.4 Å². The highest BCUT2D eigenvalue weighted by Crippen LogP contribution is 2.22. The molecule has 1 atom stereocenters. The third-order valence-electron chi connectivity index (χ3n) is 4.47. The minimum absolute atomic E-state index is 0.0147. The predicted molar refractivity (Wildman–Crippen MR) is 95.0 cm³/mol. The summed E-state index contributed by atoms with van der Waals surface area (Å²) < 4.78 is 0. The van der Waals surface area contributed by atoms with Crippen molar-refractivity contribution in [2.75, 3.05) is 26.9 Å². The van der Waals surface area contributed by atoms with E-state index in [-0.39, 0.29) is 17.9 Å². The molecule has 1 saturated heterocycles. The molecule has 1 aromatic heterocycles. The Morgan fingerprint density at radius 3 is 2.42 bits per heavy atom. The lowest BCUT2D eigenvalue weighted by Crippen LogP contribution is -2.45. The molecule has 1 aliphatic rings. The highest BCUT2D eigenvalue weighted by atomic mass is 32.2. The first-order chi connectivity index (χ1) is 11.3. The minimum Gasteiger partial charge on any atom is -0.347 e. The van der Waals surface area contributed by atoms with Crippen LogP contribution in [0, 0.1) is 13.8 Å². The molecule has 0 spiro atoms. The summed E-state index contributed by atoms with van der Waals surface area (Å²) in [5.41, 5.74) is 2.90. The summed E-state index contributed by atoms with van der Waals surface area (Å²) in [6, 6.07) is -0.301. The minimum atomic E-state index is -0.301. The van der Waals surface area contributed by atoms with Crippen molar-refractivity contribution in [3.05, 3.63) is 17.0 Å². The zero-order chi connectivity index (χ0) is 17.9. The molecule has 0 radical (unpaired) electrons. The topological polar surface area (TPSA) is 66.4 Å². The quantitative estimate of drug-likeness (QED) is 0.599. The Morgan fingerprint density at radius 2 is 1.88 bits per heavy atom. The number of carbonyl (C=O) groups is 2. The molecule has 0 bridgehead atoms. The fraction of sp³-hybridized carbons (Fsp3) is 0.647. The van der Waals surface area contributed by atoms with Crippen LogP contribution in [0.4, 0.5) is 0 Å². The van der Waals surface area contributed by atoms with Gasteiger partial charge in [0.1, 0.15) is 6.04 Å². The molecule has 1 aliphatic heterocycles. The summed E-state index contributed by atoms with van der Waals surface area (Å²) in [5.74, 6) is 0.0568. The smallest absolute Gasteiger partial charge is 0.244 e. The van der Waals surface area contributed by atoms with Crippen LogP contribution in [0.25, 0.3) is 0 Å². The number of hydrogen-bond acceptors (Lipinski definition) is 5. The molecule has 6 nitrogen and oxygen atoms in total. The number of carbonyl (C=O) groups excluding carboxylic acids is 2. The number of likely N-dealkylation sites (N-methyl/N-ethyl adjacent to an activating group) is 1. The van der Waals surface area contributed by atoms with Crippen LogP contribution in [0.2, 0.25) is 0 Å². The van der Waals surface area contributed by atoms with Crippen LogP contribution in [-0.4, -0.2) is 64.5 Å². The van der Waals surface area contributed by atoms with Crippen molar-refractivity contribution >= 4 is 23.6 Å². The molecule has 1 aromatic rings. The maximum absolute atomic E-state index is 12.6. The van der Waals surface area contributed by atoms with Crippen molar-refractivity contribution in [3.63, 3.8) is 0 Å². The summed E-state index contributed by atoms with van der Waals surface area (Å²) in [5, 5.41) is 0.760. The molecule has 1 fully saturated rings. The van der Waals surface area contributed by atoms with Crippen molar-refractivity contribution in [2.24, 2.45) is 0 Å². The highest BCUT2D eigenvalue weighted by Gasteiger charge is 2.34. The molecule has 1 unspecified atom stereocenters. The van der Waals surface area contributed by atoms with Gasteiger partial charge < -0.3 is 9.80 Å². The number of amides is 2. The van der Waals surface area contributed by atoms with E-state index in [1.807, 2.05) is 20.1 Å². The number of likely N-dealkylation sites (tertiary alicyclic amines) is 1. The predicted octanol–water partition coefficient (Wildman–Crippen LogP) is 1.83. The number of hydrogen-bond donors (Lipinski definition) is 0. The van der Waals surface area contributed by atoms with Crippen LogP contribution < -0.4 is 0 Å². The summed E-state index contributed by atoms with van der Waals surface area (Å²) >= 11 is 1.52. The molecular weight excluding hydrogens is 324 g/mol. The first-order valence-electron chi connectivity index (χ1n) is 8.24. The molecule has 132 valence electrons. The van der Waals surface area contributed by atoms with Crippen LogP contribution in [0.15, 0.2) is 5.16 Å². The molecular formula is C17H26N4O2S. The van der Waals surface area contributed by atoms with Crippen LogP contribution in [0.3, 0.4) is 0 Å². The fourth-order valence-corrected chi connectivity index (χ4v) is 3.61. The largest absolute Gasteiger partial charge is 0.347 e. The van der Waals surface area contributed by atoms with E-state index in [0.29, 0.717) is 19.4 Å². The maximum Gasteiger partial charge on any atom is 0.244 e. The average Bonchev–Trinajstić information content (AvgIpc) is 3.02. The van der Waals surface area contributed by atoms with Gasteiger partial charge in [0.15, 0.2) is 5.16 Å². The number of thioether (sulfide) groups is 1. The van der Waals surface area contributed by atoms with E-state index < -0.39 is 0 Å². The fourth-order valence-electron chi connectivity index (χ4n) is 3.16. The Bertz CT molecular complexity index is 610. The van der Waals surface area contributed by atoms with Crippen molar-refractivity contribution in [1.82, 2.24) is 19.8 Å². The van der Waals surface area contributed by atoms with Crippen molar-refractivity contribution in [3.8, 4) is 0 Å². The summed E-state index contributed by atoms with van der Waals surface area (Å²) in [6.45, 7) is 4.59. The second kappa shape index (κ2) is 7.96. The molecule has 2 rings (SSSR count). The van der Waals surface area contributed by atoms with E-state index in [9.17, 15) is 9.59 Å². The molecule has 0 aliphatic carbocycles. The zero-order valence-electron chi connectivity index (χ0n) is 15.1. The zero-order valence-corrected chi connectivity index (χ0v) is 15.9. The Morgan fingerprint density at radius 1 is 1.25 bits per heavy atom. The number of aryl methyl sites for hydroxylation is 2. The molecule has 2 heterocycles. The molecule has 0 saturated carbocycles. The Hall–Kier alpha value is -1.63. The summed E-state index contributed by atoms with van der Waals surface area (Å²) in [7, 11) is 3.47. The SMILES string of the molecule is CSc1nc(C)c(CCC(=O)N2CCCC2C(=O)N(C)C)c(C)n1. The monoisotopic (exact) mass is 350 g/mol. The van der Waals surface area contributed by atoms with Crippen LogP contribution in [0.1, 0.15) is 36.2 Å². The highest BCUT2D eigenvalue weighted by molar-refractivity contribution is 7.98. The molecule has 7 heteroatoms.